The van der Waals surface area contributed by atoms with E-state index in [-0.39, 0.29) is 6.09 Å². The number of anilines is 1. The summed E-state index contributed by atoms with van der Waals surface area (Å²) in [6.07, 6.45) is 2.07. The topological polar surface area (TPSA) is 54.9 Å². The van der Waals surface area contributed by atoms with E-state index in [0.29, 0.717) is 37.7 Å². The second kappa shape index (κ2) is 6.73. The van der Waals surface area contributed by atoms with Gasteiger partial charge in [0.15, 0.2) is 0 Å². The molecule has 1 aromatic rings. The predicted octanol–water partition coefficient (Wildman–Crippen LogP) is 3.59. The van der Waals surface area contributed by atoms with E-state index in [0.717, 1.165) is 11.4 Å². The summed E-state index contributed by atoms with van der Waals surface area (Å²) in [5.41, 5.74) is 0.420. The summed E-state index contributed by atoms with van der Waals surface area (Å²) in [4.78, 5) is 21.1. The van der Waals surface area contributed by atoms with Gasteiger partial charge in [0.05, 0.1) is 13.1 Å². The standard InChI is InChI=1S/C19H29N3O3/c1-13-6-7-14(2)22(13)16-9-8-15-12-21(10-11-24-17(15)20-16)18(23)25-19(3,4)5/h8-9,13-14H,6-7,10-12H2,1-5H3. The average molecular weight is 347 g/mol. The molecule has 0 aromatic carbocycles. The van der Waals surface area contributed by atoms with Gasteiger partial charge in [-0.3, -0.25) is 0 Å². The lowest BCUT2D eigenvalue weighted by Gasteiger charge is -2.28. The maximum Gasteiger partial charge on any atom is 0.410 e. The molecular formula is C19H29N3O3. The lowest BCUT2D eigenvalue weighted by Crippen LogP contribution is -2.37. The summed E-state index contributed by atoms with van der Waals surface area (Å²) in [5, 5.41) is 0. The molecule has 0 N–H and O–H groups in total. The number of rotatable bonds is 1. The van der Waals surface area contributed by atoms with Crippen LogP contribution >= 0.6 is 0 Å². The minimum atomic E-state index is -0.503. The van der Waals surface area contributed by atoms with Gasteiger partial charge in [0.25, 0.3) is 0 Å². The minimum absolute atomic E-state index is 0.310. The fourth-order valence-corrected chi connectivity index (χ4v) is 3.51. The normalized spacial score (nSPS) is 23.7. The van der Waals surface area contributed by atoms with Crippen molar-refractivity contribution in [1.82, 2.24) is 9.88 Å². The molecule has 1 saturated heterocycles. The second-order valence-corrected chi connectivity index (χ2v) is 8.07. The second-order valence-electron chi connectivity index (χ2n) is 8.07. The predicted molar refractivity (Wildman–Crippen MR) is 97.0 cm³/mol. The van der Waals surface area contributed by atoms with Crippen LogP contribution in [0.15, 0.2) is 12.1 Å². The molecule has 138 valence electrons. The number of carbonyl (C=O) groups excluding carboxylic acids is 1. The number of fused-ring (bicyclic) bond motifs is 1. The molecule has 2 unspecified atom stereocenters. The van der Waals surface area contributed by atoms with Crippen LogP contribution in [0, 0.1) is 0 Å². The van der Waals surface area contributed by atoms with Gasteiger partial charge in [-0.15, -0.1) is 0 Å². The molecule has 0 spiro atoms. The summed E-state index contributed by atoms with van der Waals surface area (Å²) in [7, 11) is 0. The van der Waals surface area contributed by atoms with Gasteiger partial charge in [0.1, 0.15) is 18.0 Å². The monoisotopic (exact) mass is 347 g/mol. The molecule has 0 bridgehead atoms. The Hall–Kier alpha value is -1.98. The fraction of sp³-hybridized carbons (Fsp3) is 0.684. The van der Waals surface area contributed by atoms with Crippen molar-refractivity contribution in [2.75, 3.05) is 18.1 Å². The van der Waals surface area contributed by atoms with Crippen LogP contribution in [0.1, 0.15) is 53.0 Å². The molecule has 1 fully saturated rings. The number of hydrogen-bond acceptors (Lipinski definition) is 5. The molecule has 1 aromatic heterocycles. The Morgan fingerprint density at radius 2 is 1.92 bits per heavy atom. The van der Waals surface area contributed by atoms with Gasteiger partial charge >= 0.3 is 6.09 Å². The van der Waals surface area contributed by atoms with Crippen LogP contribution in [0.5, 0.6) is 5.88 Å². The van der Waals surface area contributed by atoms with Gasteiger partial charge in [-0.2, -0.15) is 4.98 Å². The van der Waals surface area contributed by atoms with E-state index < -0.39 is 5.60 Å². The Bertz CT molecular complexity index is 631. The zero-order valence-electron chi connectivity index (χ0n) is 15.9. The molecular weight excluding hydrogens is 318 g/mol. The zero-order valence-corrected chi connectivity index (χ0v) is 15.9. The third-order valence-corrected chi connectivity index (χ3v) is 4.75. The van der Waals surface area contributed by atoms with Gasteiger partial charge in [-0.05, 0) is 59.6 Å². The molecule has 6 nitrogen and oxygen atoms in total. The molecule has 25 heavy (non-hydrogen) atoms. The Labute approximate surface area is 150 Å². The van der Waals surface area contributed by atoms with Crippen LogP contribution in [0.2, 0.25) is 0 Å². The van der Waals surface area contributed by atoms with Crippen molar-refractivity contribution in [2.24, 2.45) is 0 Å². The lowest BCUT2D eigenvalue weighted by atomic mass is 10.2. The molecule has 0 saturated carbocycles. The van der Waals surface area contributed by atoms with Crippen molar-refractivity contribution in [2.45, 2.75) is 71.7 Å². The van der Waals surface area contributed by atoms with Crippen LogP contribution in [0.4, 0.5) is 10.6 Å². The number of pyridine rings is 1. The number of aromatic nitrogens is 1. The summed E-state index contributed by atoms with van der Waals surface area (Å²) >= 11 is 0. The van der Waals surface area contributed by atoms with Gasteiger partial charge in [0.2, 0.25) is 5.88 Å². The third-order valence-electron chi connectivity index (χ3n) is 4.75. The molecule has 0 aliphatic carbocycles. The Morgan fingerprint density at radius 3 is 2.56 bits per heavy atom. The highest BCUT2D eigenvalue weighted by Gasteiger charge is 2.30. The van der Waals surface area contributed by atoms with Crippen LogP contribution in [-0.4, -0.2) is 46.8 Å². The first kappa shape index (κ1) is 17.8. The maximum absolute atomic E-state index is 12.4. The highest BCUT2D eigenvalue weighted by atomic mass is 16.6. The largest absolute Gasteiger partial charge is 0.475 e. The van der Waals surface area contributed by atoms with E-state index in [9.17, 15) is 4.79 Å². The molecule has 6 heteroatoms. The Morgan fingerprint density at radius 1 is 1.24 bits per heavy atom. The first-order valence-corrected chi connectivity index (χ1v) is 9.13. The Kier molecular flexibility index (Phi) is 4.80. The van der Waals surface area contributed by atoms with Crippen molar-refractivity contribution in [3.05, 3.63) is 17.7 Å². The van der Waals surface area contributed by atoms with Gasteiger partial charge in [-0.25, -0.2) is 4.79 Å². The minimum Gasteiger partial charge on any atom is -0.475 e. The van der Waals surface area contributed by atoms with E-state index >= 15 is 0 Å². The van der Waals surface area contributed by atoms with Crippen molar-refractivity contribution >= 4 is 11.9 Å². The number of carbonyl (C=O) groups is 1. The summed E-state index contributed by atoms with van der Waals surface area (Å²) < 4.78 is 11.3. The van der Waals surface area contributed by atoms with E-state index in [2.05, 4.69) is 18.7 Å². The molecule has 1 amide bonds. The van der Waals surface area contributed by atoms with Crippen LogP contribution < -0.4 is 9.64 Å². The van der Waals surface area contributed by atoms with Gasteiger partial charge < -0.3 is 19.3 Å². The molecule has 2 aliphatic heterocycles. The molecule has 3 heterocycles. The van der Waals surface area contributed by atoms with Crippen LogP contribution in [0.3, 0.4) is 0 Å². The Balaban J connectivity index is 1.78. The third kappa shape index (κ3) is 3.99. The van der Waals surface area contributed by atoms with E-state index in [1.807, 2.05) is 32.9 Å². The SMILES string of the molecule is CC1CCC(C)N1c1ccc2c(n1)OCCN(C(=O)OC(C)(C)C)C2. The van der Waals surface area contributed by atoms with E-state index in [1.54, 1.807) is 4.90 Å². The van der Waals surface area contributed by atoms with Gasteiger partial charge in [-0.1, -0.05) is 0 Å². The van der Waals surface area contributed by atoms with Crippen LogP contribution in [-0.2, 0) is 11.3 Å². The summed E-state index contributed by atoms with van der Waals surface area (Å²) in [6, 6.07) is 5.05. The van der Waals surface area contributed by atoms with Crippen molar-refractivity contribution in [1.29, 1.82) is 0 Å². The number of nitrogens with zero attached hydrogens (tertiary/aromatic N) is 3. The van der Waals surface area contributed by atoms with Gasteiger partial charge in [0, 0.05) is 17.6 Å². The average Bonchev–Trinajstić information content (AvgIpc) is 2.73. The van der Waals surface area contributed by atoms with Crippen LogP contribution in [0.25, 0.3) is 0 Å². The number of hydrogen-bond donors (Lipinski definition) is 0. The summed E-state index contributed by atoms with van der Waals surface area (Å²) in [5.74, 6) is 1.59. The van der Waals surface area contributed by atoms with E-state index in [4.69, 9.17) is 14.5 Å². The summed E-state index contributed by atoms with van der Waals surface area (Å²) in [6.45, 7) is 11.5. The molecule has 2 atom stereocenters. The number of ether oxygens (including phenoxy) is 2. The molecule has 2 aliphatic rings. The van der Waals surface area contributed by atoms with Crippen molar-refractivity contribution in [3.63, 3.8) is 0 Å². The van der Waals surface area contributed by atoms with Crippen molar-refractivity contribution in [3.8, 4) is 5.88 Å². The van der Waals surface area contributed by atoms with E-state index in [1.165, 1.54) is 12.8 Å². The maximum atomic E-state index is 12.4. The first-order chi connectivity index (χ1) is 11.7. The zero-order chi connectivity index (χ0) is 18.2. The number of amides is 1. The molecule has 0 radical (unpaired) electrons. The highest BCUT2D eigenvalue weighted by molar-refractivity contribution is 5.68. The highest BCUT2D eigenvalue weighted by Crippen LogP contribution is 2.32. The first-order valence-electron chi connectivity index (χ1n) is 9.13. The molecule has 3 rings (SSSR count). The fourth-order valence-electron chi connectivity index (χ4n) is 3.51. The smallest absolute Gasteiger partial charge is 0.410 e. The lowest BCUT2D eigenvalue weighted by molar-refractivity contribution is 0.0225. The quantitative estimate of drug-likeness (QED) is 0.777. The van der Waals surface area contributed by atoms with Crippen molar-refractivity contribution < 1.29 is 14.3 Å².